The summed E-state index contributed by atoms with van der Waals surface area (Å²) in [7, 11) is 0. The van der Waals surface area contributed by atoms with Crippen molar-refractivity contribution in [2.75, 3.05) is 13.2 Å². The van der Waals surface area contributed by atoms with Crippen molar-refractivity contribution in [2.45, 2.75) is 32.2 Å². The van der Waals surface area contributed by atoms with Crippen molar-refractivity contribution in [3.05, 3.63) is 0 Å². The molecule has 1 rings (SSSR count). The van der Waals surface area contributed by atoms with E-state index < -0.39 is 5.79 Å². The Morgan fingerprint density at radius 1 is 1.64 bits per heavy atom. The lowest BCUT2D eigenvalue weighted by atomic mass is 10.2. The quantitative estimate of drug-likeness (QED) is 0.596. The summed E-state index contributed by atoms with van der Waals surface area (Å²) in [5.41, 5.74) is 0. The van der Waals surface area contributed by atoms with Crippen LogP contribution in [0.25, 0.3) is 0 Å². The maximum absolute atomic E-state index is 5.49. The molecule has 1 aliphatic rings. The first kappa shape index (κ1) is 8.93. The van der Waals surface area contributed by atoms with Gasteiger partial charge < -0.3 is 14.3 Å². The molecule has 0 bridgehead atoms. The lowest BCUT2D eigenvalue weighted by Gasteiger charge is -2.35. The SMILES string of the molecule is CC1(C)OCCC(CON)O1. The zero-order valence-electron chi connectivity index (χ0n) is 7.00. The number of rotatable bonds is 2. The van der Waals surface area contributed by atoms with Crippen molar-refractivity contribution < 1.29 is 14.3 Å². The van der Waals surface area contributed by atoms with Gasteiger partial charge in [-0.25, -0.2) is 5.90 Å². The van der Waals surface area contributed by atoms with Crippen molar-refractivity contribution in [1.82, 2.24) is 0 Å². The first-order valence-electron chi connectivity index (χ1n) is 3.77. The summed E-state index contributed by atoms with van der Waals surface area (Å²) in [4.78, 5) is 4.49. The first-order valence-corrected chi connectivity index (χ1v) is 3.77. The second-order valence-corrected chi connectivity index (χ2v) is 3.11. The van der Waals surface area contributed by atoms with Gasteiger partial charge in [0.15, 0.2) is 5.79 Å². The van der Waals surface area contributed by atoms with E-state index in [1.54, 1.807) is 0 Å². The van der Waals surface area contributed by atoms with Gasteiger partial charge in [0, 0.05) is 0 Å². The Kier molecular flexibility index (Phi) is 2.84. The first-order chi connectivity index (χ1) is 5.14. The molecule has 11 heavy (non-hydrogen) atoms. The minimum atomic E-state index is -0.485. The smallest absolute Gasteiger partial charge is 0.163 e. The molecule has 0 aromatic rings. The van der Waals surface area contributed by atoms with Gasteiger partial charge >= 0.3 is 0 Å². The molecule has 0 aromatic carbocycles. The number of nitrogens with two attached hydrogens (primary N) is 1. The molecule has 0 aliphatic carbocycles. The van der Waals surface area contributed by atoms with Crippen LogP contribution in [0.3, 0.4) is 0 Å². The van der Waals surface area contributed by atoms with Gasteiger partial charge in [0.05, 0.1) is 19.3 Å². The second kappa shape index (κ2) is 3.49. The van der Waals surface area contributed by atoms with Crippen LogP contribution in [0.5, 0.6) is 0 Å². The molecule has 66 valence electrons. The molecule has 4 heteroatoms. The van der Waals surface area contributed by atoms with Gasteiger partial charge in [-0.15, -0.1) is 0 Å². The van der Waals surface area contributed by atoms with Crippen LogP contribution in [0.4, 0.5) is 0 Å². The normalized spacial score (nSPS) is 30.3. The highest BCUT2D eigenvalue weighted by molar-refractivity contribution is 4.67. The number of hydrogen-bond acceptors (Lipinski definition) is 4. The predicted molar refractivity (Wildman–Crippen MR) is 39.7 cm³/mol. The maximum Gasteiger partial charge on any atom is 0.163 e. The molecule has 0 aromatic heterocycles. The molecule has 0 amide bonds. The summed E-state index contributed by atoms with van der Waals surface area (Å²) < 4.78 is 10.8. The van der Waals surface area contributed by atoms with Gasteiger partial charge in [-0.1, -0.05) is 0 Å². The van der Waals surface area contributed by atoms with E-state index in [0.717, 1.165) is 6.42 Å². The van der Waals surface area contributed by atoms with Crippen molar-refractivity contribution in [3.8, 4) is 0 Å². The van der Waals surface area contributed by atoms with Gasteiger partial charge in [-0.3, -0.25) is 0 Å². The van der Waals surface area contributed by atoms with Crippen LogP contribution in [0, 0.1) is 0 Å². The third-order valence-corrected chi connectivity index (χ3v) is 1.62. The van der Waals surface area contributed by atoms with E-state index in [4.69, 9.17) is 15.4 Å². The van der Waals surface area contributed by atoms with Gasteiger partial charge in [-0.05, 0) is 20.3 Å². The second-order valence-electron chi connectivity index (χ2n) is 3.11. The fourth-order valence-corrected chi connectivity index (χ4v) is 1.16. The lowest BCUT2D eigenvalue weighted by molar-refractivity contribution is -0.280. The zero-order valence-corrected chi connectivity index (χ0v) is 7.00. The Labute approximate surface area is 66.6 Å². The van der Waals surface area contributed by atoms with E-state index in [2.05, 4.69) is 4.84 Å². The van der Waals surface area contributed by atoms with Crippen LogP contribution in [0.1, 0.15) is 20.3 Å². The van der Waals surface area contributed by atoms with E-state index in [1.807, 2.05) is 13.8 Å². The molecule has 1 aliphatic heterocycles. The highest BCUT2D eigenvalue weighted by atomic mass is 16.7. The molecule has 2 N–H and O–H groups in total. The van der Waals surface area contributed by atoms with Crippen molar-refractivity contribution in [2.24, 2.45) is 5.90 Å². The average Bonchev–Trinajstić information content (AvgIpc) is 1.85. The highest BCUT2D eigenvalue weighted by Crippen LogP contribution is 2.21. The molecule has 1 saturated heterocycles. The lowest BCUT2D eigenvalue weighted by Crippen LogP contribution is -2.42. The molecular weight excluding hydrogens is 146 g/mol. The summed E-state index contributed by atoms with van der Waals surface area (Å²) in [5.74, 6) is 4.44. The molecule has 1 unspecified atom stereocenters. The van der Waals surface area contributed by atoms with Crippen LogP contribution in [0.2, 0.25) is 0 Å². The van der Waals surface area contributed by atoms with Crippen LogP contribution in [-0.2, 0) is 14.3 Å². The van der Waals surface area contributed by atoms with Gasteiger partial charge in [-0.2, -0.15) is 0 Å². The van der Waals surface area contributed by atoms with Crippen LogP contribution in [0.15, 0.2) is 0 Å². The Morgan fingerprint density at radius 3 is 2.91 bits per heavy atom. The topological polar surface area (TPSA) is 53.7 Å². The van der Waals surface area contributed by atoms with Crippen molar-refractivity contribution >= 4 is 0 Å². The summed E-state index contributed by atoms with van der Waals surface area (Å²) in [5, 5.41) is 0. The Hall–Kier alpha value is -0.160. The maximum atomic E-state index is 5.49. The van der Waals surface area contributed by atoms with E-state index in [-0.39, 0.29) is 6.10 Å². The largest absolute Gasteiger partial charge is 0.350 e. The van der Waals surface area contributed by atoms with E-state index in [1.165, 1.54) is 0 Å². The standard InChI is InChI=1S/C7H15NO3/c1-7(2)9-4-3-6(11-7)5-10-8/h6H,3-5,8H2,1-2H3. The van der Waals surface area contributed by atoms with Gasteiger partial charge in [0.25, 0.3) is 0 Å². The molecule has 1 fully saturated rings. The fourth-order valence-electron chi connectivity index (χ4n) is 1.16. The van der Waals surface area contributed by atoms with E-state index in [0.29, 0.717) is 13.2 Å². The van der Waals surface area contributed by atoms with Gasteiger partial charge in [0.2, 0.25) is 0 Å². The third kappa shape index (κ3) is 2.75. The Bertz CT molecular complexity index is 125. The zero-order chi connectivity index (χ0) is 8.32. The molecule has 1 heterocycles. The molecule has 0 spiro atoms. The van der Waals surface area contributed by atoms with Crippen LogP contribution < -0.4 is 5.90 Å². The van der Waals surface area contributed by atoms with Crippen molar-refractivity contribution in [3.63, 3.8) is 0 Å². The molecule has 1 atom stereocenters. The minimum Gasteiger partial charge on any atom is -0.350 e. The average molecular weight is 161 g/mol. The minimum absolute atomic E-state index is 0.0729. The molecule has 0 radical (unpaired) electrons. The van der Waals surface area contributed by atoms with Gasteiger partial charge in [0.1, 0.15) is 0 Å². The molecule has 4 nitrogen and oxygen atoms in total. The van der Waals surface area contributed by atoms with Crippen LogP contribution in [-0.4, -0.2) is 25.1 Å². The Morgan fingerprint density at radius 2 is 2.36 bits per heavy atom. The summed E-state index contributed by atoms with van der Waals surface area (Å²) in [6.07, 6.45) is 0.921. The summed E-state index contributed by atoms with van der Waals surface area (Å²) in [6, 6.07) is 0. The molecular formula is C7H15NO3. The van der Waals surface area contributed by atoms with Crippen molar-refractivity contribution in [1.29, 1.82) is 0 Å². The third-order valence-electron chi connectivity index (χ3n) is 1.62. The fraction of sp³-hybridized carbons (Fsp3) is 1.00. The number of hydrogen-bond donors (Lipinski definition) is 1. The monoisotopic (exact) mass is 161 g/mol. The van der Waals surface area contributed by atoms with E-state index in [9.17, 15) is 0 Å². The molecule has 0 saturated carbocycles. The van der Waals surface area contributed by atoms with Crippen LogP contribution >= 0.6 is 0 Å². The predicted octanol–water partition coefficient (Wildman–Crippen LogP) is 0.418. The van der Waals surface area contributed by atoms with E-state index >= 15 is 0 Å². The number of ether oxygens (including phenoxy) is 2. The summed E-state index contributed by atoms with van der Waals surface area (Å²) in [6.45, 7) is 4.92. The highest BCUT2D eigenvalue weighted by Gasteiger charge is 2.29. The Balaban J connectivity index is 2.34. The summed E-state index contributed by atoms with van der Waals surface area (Å²) >= 11 is 0.